The Morgan fingerprint density at radius 1 is 1.50 bits per heavy atom. The van der Waals surface area contributed by atoms with Crippen molar-refractivity contribution in [3.05, 3.63) is 52.1 Å². The molecule has 0 heterocycles. The van der Waals surface area contributed by atoms with Crippen LogP contribution in [-0.2, 0) is 6.42 Å². The van der Waals surface area contributed by atoms with E-state index in [0.717, 1.165) is 12.1 Å². The zero-order chi connectivity index (χ0) is 10.7. The molecule has 1 aromatic carbocycles. The number of hydrogen-bond acceptors (Lipinski definition) is 2. The highest BCUT2D eigenvalue weighted by atomic mass is 19.1. The topological polar surface area (TPSA) is 43.1 Å². The third-order valence-corrected chi connectivity index (χ3v) is 1.71. The molecule has 0 unspecified atom stereocenters. The lowest BCUT2D eigenvalue weighted by atomic mass is 10.1. The highest BCUT2D eigenvalue weighted by Gasteiger charge is 2.19. The van der Waals surface area contributed by atoms with Crippen molar-refractivity contribution < 1.29 is 13.7 Å². The lowest BCUT2D eigenvalue weighted by Gasteiger charge is -2.01. The maximum absolute atomic E-state index is 13.2. The van der Waals surface area contributed by atoms with Gasteiger partial charge in [0.15, 0.2) is 0 Å². The van der Waals surface area contributed by atoms with Gasteiger partial charge in [0.1, 0.15) is 5.82 Å². The van der Waals surface area contributed by atoms with E-state index < -0.39 is 22.2 Å². The summed E-state index contributed by atoms with van der Waals surface area (Å²) in [4.78, 5) is 9.42. The predicted molar refractivity (Wildman–Crippen MR) is 46.9 cm³/mol. The summed E-state index contributed by atoms with van der Waals surface area (Å²) in [5.74, 6) is -1.93. The van der Waals surface area contributed by atoms with E-state index in [1.165, 1.54) is 6.08 Å². The lowest BCUT2D eigenvalue weighted by Crippen LogP contribution is -1.99. The Hall–Kier alpha value is -1.78. The number of nitrogens with zero attached hydrogens (tertiary/aromatic N) is 1. The van der Waals surface area contributed by atoms with Crippen LogP contribution in [0.3, 0.4) is 0 Å². The SMILES string of the molecule is C=CCc1c(F)ccc([N+](=O)[O-])c1F. The molecular weight excluding hydrogens is 192 g/mol. The molecule has 0 saturated carbocycles. The number of benzene rings is 1. The summed E-state index contributed by atoms with van der Waals surface area (Å²) in [5.41, 5.74) is -1.04. The molecule has 0 fully saturated rings. The molecule has 0 aliphatic carbocycles. The van der Waals surface area contributed by atoms with E-state index in [4.69, 9.17) is 0 Å². The Bertz CT molecular complexity index is 391. The Kier molecular flexibility index (Phi) is 2.91. The second-order valence-electron chi connectivity index (χ2n) is 2.61. The molecule has 0 bridgehead atoms. The van der Waals surface area contributed by atoms with Gasteiger partial charge in [-0.05, 0) is 12.5 Å². The second kappa shape index (κ2) is 3.95. The van der Waals surface area contributed by atoms with Crippen molar-refractivity contribution in [2.24, 2.45) is 0 Å². The lowest BCUT2D eigenvalue weighted by molar-refractivity contribution is -0.387. The van der Waals surface area contributed by atoms with Gasteiger partial charge in [0, 0.05) is 11.6 Å². The van der Waals surface area contributed by atoms with Crippen molar-refractivity contribution >= 4 is 5.69 Å². The van der Waals surface area contributed by atoms with Gasteiger partial charge < -0.3 is 0 Å². The van der Waals surface area contributed by atoms with Gasteiger partial charge in [0.05, 0.1) is 4.92 Å². The molecule has 74 valence electrons. The number of nitro benzene ring substituents is 1. The first kappa shape index (κ1) is 10.3. The van der Waals surface area contributed by atoms with Crippen LogP contribution in [0.4, 0.5) is 14.5 Å². The Morgan fingerprint density at radius 3 is 2.64 bits per heavy atom. The molecule has 5 heteroatoms. The summed E-state index contributed by atoms with van der Waals surface area (Å²) in [5, 5.41) is 10.3. The number of rotatable bonds is 3. The fraction of sp³-hybridized carbons (Fsp3) is 0.111. The van der Waals surface area contributed by atoms with Crippen LogP contribution in [0.5, 0.6) is 0 Å². The molecule has 0 radical (unpaired) electrons. The molecule has 1 rings (SSSR count). The summed E-state index contributed by atoms with van der Waals surface area (Å²) < 4.78 is 26.2. The molecule has 0 atom stereocenters. The molecule has 0 amide bonds. The van der Waals surface area contributed by atoms with Gasteiger partial charge in [-0.3, -0.25) is 10.1 Å². The van der Waals surface area contributed by atoms with Crippen molar-refractivity contribution in [2.45, 2.75) is 6.42 Å². The monoisotopic (exact) mass is 199 g/mol. The molecule has 0 aromatic heterocycles. The van der Waals surface area contributed by atoms with E-state index in [2.05, 4.69) is 6.58 Å². The van der Waals surface area contributed by atoms with E-state index >= 15 is 0 Å². The molecule has 0 aliphatic rings. The highest BCUT2D eigenvalue weighted by Crippen LogP contribution is 2.23. The van der Waals surface area contributed by atoms with Crippen LogP contribution < -0.4 is 0 Å². The third kappa shape index (κ3) is 1.76. The van der Waals surface area contributed by atoms with E-state index in [1.807, 2.05) is 0 Å². The maximum atomic E-state index is 13.2. The van der Waals surface area contributed by atoms with Gasteiger partial charge in [-0.2, -0.15) is 4.39 Å². The standard InChI is InChI=1S/C9H7F2NO2/c1-2-3-6-7(10)4-5-8(9(6)11)12(13)14/h2,4-5H,1,3H2. The summed E-state index contributed by atoms with van der Waals surface area (Å²) in [7, 11) is 0. The Labute approximate surface area is 78.8 Å². The molecule has 3 nitrogen and oxygen atoms in total. The van der Waals surface area contributed by atoms with Crippen LogP contribution in [0.1, 0.15) is 5.56 Å². The first-order valence-electron chi connectivity index (χ1n) is 3.80. The van der Waals surface area contributed by atoms with Crippen LogP contribution in [0, 0.1) is 21.7 Å². The van der Waals surface area contributed by atoms with Gasteiger partial charge in [-0.25, -0.2) is 4.39 Å². The minimum Gasteiger partial charge on any atom is -0.258 e. The molecule has 0 saturated heterocycles. The highest BCUT2D eigenvalue weighted by molar-refractivity contribution is 5.38. The minimum atomic E-state index is -1.13. The average molecular weight is 199 g/mol. The molecule has 1 aromatic rings. The van der Waals surface area contributed by atoms with Gasteiger partial charge in [-0.1, -0.05) is 6.08 Å². The number of halogens is 2. The zero-order valence-corrected chi connectivity index (χ0v) is 7.17. The van der Waals surface area contributed by atoms with Crippen LogP contribution in [-0.4, -0.2) is 4.92 Å². The van der Waals surface area contributed by atoms with E-state index in [1.54, 1.807) is 0 Å². The molecule has 14 heavy (non-hydrogen) atoms. The van der Waals surface area contributed by atoms with Crippen molar-refractivity contribution in [3.8, 4) is 0 Å². The van der Waals surface area contributed by atoms with E-state index in [0.29, 0.717) is 0 Å². The summed E-state index contributed by atoms with van der Waals surface area (Å²) >= 11 is 0. The van der Waals surface area contributed by atoms with Gasteiger partial charge in [0.2, 0.25) is 5.82 Å². The molecular formula is C9H7F2NO2. The van der Waals surface area contributed by atoms with Crippen LogP contribution in [0.2, 0.25) is 0 Å². The molecule has 0 aliphatic heterocycles. The maximum Gasteiger partial charge on any atom is 0.305 e. The minimum absolute atomic E-state index is 0.0701. The summed E-state index contributed by atoms with van der Waals surface area (Å²) in [6, 6.07) is 1.68. The number of allylic oxidation sites excluding steroid dienone is 1. The summed E-state index contributed by atoms with van der Waals surface area (Å²) in [6.07, 6.45) is 1.21. The average Bonchev–Trinajstić information content (AvgIpc) is 2.11. The fourth-order valence-corrected chi connectivity index (χ4v) is 1.06. The number of hydrogen-bond donors (Lipinski definition) is 0. The largest absolute Gasteiger partial charge is 0.305 e. The third-order valence-electron chi connectivity index (χ3n) is 1.71. The Morgan fingerprint density at radius 2 is 2.14 bits per heavy atom. The van der Waals surface area contributed by atoms with Gasteiger partial charge >= 0.3 is 5.69 Å². The predicted octanol–water partition coefficient (Wildman–Crippen LogP) is 2.60. The first-order valence-corrected chi connectivity index (χ1v) is 3.80. The van der Waals surface area contributed by atoms with Crippen LogP contribution >= 0.6 is 0 Å². The van der Waals surface area contributed by atoms with Crippen LogP contribution in [0.15, 0.2) is 24.8 Å². The van der Waals surface area contributed by atoms with E-state index in [9.17, 15) is 18.9 Å². The molecule has 0 N–H and O–H groups in total. The smallest absolute Gasteiger partial charge is 0.258 e. The number of nitro groups is 1. The van der Waals surface area contributed by atoms with Crippen molar-refractivity contribution in [1.29, 1.82) is 0 Å². The summed E-state index contributed by atoms with van der Waals surface area (Å²) in [6.45, 7) is 3.31. The van der Waals surface area contributed by atoms with Crippen LogP contribution in [0.25, 0.3) is 0 Å². The first-order chi connectivity index (χ1) is 6.57. The van der Waals surface area contributed by atoms with Crippen molar-refractivity contribution in [1.82, 2.24) is 0 Å². The fourth-order valence-electron chi connectivity index (χ4n) is 1.06. The van der Waals surface area contributed by atoms with Gasteiger partial charge in [0.25, 0.3) is 0 Å². The quantitative estimate of drug-likeness (QED) is 0.426. The van der Waals surface area contributed by atoms with E-state index in [-0.39, 0.29) is 12.0 Å². The molecule has 0 spiro atoms. The zero-order valence-electron chi connectivity index (χ0n) is 7.17. The Balaban J connectivity index is 3.32. The normalized spacial score (nSPS) is 9.86. The van der Waals surface area contributed by atoms with Gasteiger partial charge in [-0.15, -0.1) is 6.58 Å². The second-order valence-corrected chi connectivity index (χ2v) is 2.61. The van der Waals surface area contributed by atoms with Crippen molar-refractivity contribution in [3.63, 3.8) is 0 Å². The van der Waals surface area contributed by atoms with Crippen molar-refractivity contribution in [2.75, 3.05) is 0 Å².